The maximum atomic E-state index is 13.9. The van der Waals surface area contributed by atoms with Crippen LogP contribution >= 0.6 is 27.5 Å². The van der Waals surface area contributed by atoms with Crippen molar-refractivity contribution in [2.45, 2.75) is 37.1 Å². The van der Waals surface area contributed by atoms with Gasteiger partial charge in [0.25, 0.3) is 0 Å². The molecule has 0 radical (unpaired) electrons. The summed E-state index contributed by atoms with van der Waals surface area (Å²) < 4.78 is 0.819. The van der Waals surface area contributed by atoms with E-state index < -0.39 is 23.3 Å². The Bertz CT molecular complexity index is 1150. The highest BCUT2D eigenvalue weighted by Gasteiger charge is 2.63. The Balaban J connectivity index is 2.04. The number of primary amides is 1. The third-order valence-electron chi connectivity index (χ3n) is 6.46. The van der Waals surface area contributed by atoms with Crippen molar-refractivity contribution in [3.63, 3.8) is 0 Å². The van der Waals surface area contributed by atoms with Crippen molar-refractivity contribution in [3.05, 3.63) is 75.2 Å². The van der Waals surface area contributed by atoms with Gasteiger partial charge in [-0.25, -0.2) is 0 Å². The lowest BCUT2D eigenvalue weighted by Crippen LogP contribution is -2.64. The molecule has 3 N–H and O–H groups in total. The molecule has 3 amide bonds. The second-order valence-electron chi connectivity index (χ2n) is 8.23. The van der Waals surface area contributed by atoms with Crippen LogP contribution in [0.2, 0.25) is 5.02 Å². The Morgan fingerprint density at radius 3 is 2.72 bits per heavy atom. The summed E-state index contributed by atoms with van der Waals surface area (Å²) in [6.45, 7) is 5.85. The van der Waals surface area contributed by atoms with Gasteiger partial charge >= 0.3 is 0 Å². The predicted molar refractivity (Wildman–Crippen MR) is 127 cm³/mol. The molecule has 1 fully saturated rings. The largest absolute Gasteiger partial charge is 0.368 e. The number of rotatable bonds is 5. The number of piperidine rings is 1. The van der Waals surface area contributed by atoms with Crippen LogP contribution in [0.5, 0.6) is 0 Å². The molecule has 3 atom stereocenters. The third-order valence-corrected chi connectivity index (χ3v) is 7.19. The van der Waals surface area contributed by atoms with Crippen molar-refractivity contribution in [1.29, 1.82) is 0 Å². The number of nitrogens with zero attached hydrogens (tertiary/aromatic N) is 1. The van der Waals surface area contributed by atoms with E-state index in [1.54, 1.807) is 12.1 Å². The zero-order valence-electron chi connectivity index (χ0n) is 17.5. The van der Waals surface area contributed by atoms with E-state index in [1.807, 2.05) is 37.3 Å². The van der Waals surface area contributed by atoms with Crippen molar-refractivity contribution in [2.24, 2.45) is 5.73 Å². The first-order valence-corrected chi connectivity index (χ1v) is 11.5. The first-order chi connectivity index (χ1) is 15.2. The first-order valence-electron chi connectivity index (χ1n) is 10.3. The number of carbonyl (C=O) groups is 3. The monoisotopic (exact) mass is 515 g/mol. The standard InChI is InChI=1S/C24H23BrClN3O3/c1-3-13(2)22-24(17-8-7-15(25)10-19(17)28-23(24)32)18(14-5-4-6-16(26)9-14)11-21(31)29(22)12-20(27)30/h4-10,18,22H,2-3,11-12H2,1H3,(H2,27,30)(H,28,32). The van der Waals surface area contributed by atoms with E-state index in [1.165, 1.54) is 4.90 Å². The topological polar surface area (TPSA) is 92.5 Å². The molecule has 0 aromatic heterocycles. The zero-order valence-corrected chi connectivity index (χ0v) is 19.9. The summed E-state index contributed by atoms with van der Waals surface area (Å²) in [4.78, 5) is 40.6. The lowest BCUT2D eigenvalue weighted by Gasteiger charge is -2.51. The average Bonchev–Trinajstić information content (AvgIpc) is 3.01. The number of fused-ring (bicyclic) bond motifs is 2. The number of halogens is 2. The summed E-state index contributed by atoms with van der Waals surface area (Å²) in [5.41, 5.74) is 7.21. The molecule has 2 aromatic rings. The average molecular weight is 517 g/mol. The first kappa shape index (κ1) is 22.6. The number of carbonyl (C=O) groups excluding carboxylic acids is 3. The molecule has 6 nitrogen and oxygen atoms in total. The second-order valence-corrected chi connectivity index (χ2v) is 9.58. The number of nitrogens with two attached hydrogens (primary N) is 1. The normalized spacial score (nSPS) is 24.4. The van der Waals surface area contributed by atoms with Crippen LogP contribution in [-0.4, -0.2) is 35.2 Å². The summed E-state index contributed by atoms with van der Waals surface area (Å²) in [7, 11) is 0. The van der Waals surface area contributed by atoms with Crippen molar-refractivity contribution in [1.82, 2.24) is 4.90 Å². The Morgan fingerprint density at radius 1 is 1.31 bits per heavy atom. The Morgan fingerprint density at radius 2 is 2.06 bits per heavy atom. The van der Waals surface area contributed by atoms with E-state index in [4.69, 9.17) is 17.3 Å². The second kappa shape index (κ2) is 8.37. The molecule has 3 unspecified atom stereocenters. The molecule has 166 valence electrons. The fourth-order valence-electron chi connectivity index (χ4n) is 5.17. The highest BCUT2D eigenvalue weighted by atomic mass is 79.9. The molecule has 1 saturated heterocycles. The molecule has 1 spiro atoms. The number of likely N-dealkylation sites (tertiary alicyclic amines) is 1. The Hall–Kier alpha value is -2.64. The van der Waals surface area contributed by atoms with E-state index in [0.29, 0.717) is 22.7 Å². The quantitative estimate of drug-likeness (QED) is 0.585. The highest BCUT2D eigenvalue weighted by molar-refractivity contribution is 9.10. The molecule has 0 saturated carbocycles. The minimum Gasteiger partial charge on any atom is -0.368 e. The predicted octanol–water partition coefficient (Wildman–Crippen LogP) is 4.13. The molecule has 2 heterocycles. The number of nitrogens with one attached hydrogen (secondary N) is 1. The Kier molecular flexibility index (Phi) is 5.90. The Labute approximate surface area is 199 Å². The van der Waals surface area contributed by atoms with Crippen molar-refractivity contribution in [2.75, 3.05) is 11.9 Å². The summed E-state index contributed by atoms with van der Waals surface area (Å²) in [5.74, 6) is -1.64. The lowest BCUT2D eigenvalue weighted by atomic mass is 9.58. The summed E-state index contributed by atoms with van der Waals surface area (Å²) in [6.07, 6.45) is 0.556. The van der Waals surface area contributed by atoms with Gasteiger partial charge in [-0.15, -0.1) is 0 Å². The smallest absolute Gasteiger partial charge is 0.238 e. The van der Waals surface area contributed by atoms with Gasteiger partial charge in [0, 0.05) is 27.5 Å². The van der Waals surface area contributed by atoms with Crippen LogP contribution in [0, 0.1) is 0 Å². The van der Waals surface area contributed by atoms with E-state index in [2.05, 4.69) is 27.8 Å². The van der Waals surface area contributed by atoms with Crippen LogP contribution in [0.15, 0.2) is 59.1 Å². The molecule has 32 heavy (non-hydrogen) atoms. The number of hydrogen-bond donors (Lipinski definition) is 2. The van der Waals surface area contributed by atoms with E-state index in [9.17, 15) is 14.4 Å². The summed E-state index contributed by atoms with van der Waals surface area (Å²) >= 11 is 9.76. The van der Waals surface area contributed by atoms with Gasteiger partial charge in [-0.2, -0.15) is 0 Å². The summed E-state index contributed by atoms with van der Waals surface area (Å²) in [6, 6.07) is 12.1. The van der Waals surface area contributed by atoms with Gasteiger partial charge in [-0.3, -0.25) is 14.4 Å². The molecular weight excluding hydrogens is 494 g/mol. The molecule has 2 aromatic carbocycles. The van der Waals surface area contributed by atoms with Gasteiger partial charge in [0.05, 0.1) is 12.6 Å². The van der Waals surface area contributed by atoms with E-state index in [0.717, 1.165) is 15.6 Å². The fraction of sp³-hybridized carbons (Fsp3) is 0.292. The van der Waals surface area contributed by atoms with Crippen LogP contribution in [0.4, 0.5) is 5.69 Å². The van der Waals surface area contributed by atoms with E-state index >= 15 is 0 Å². The third kappa shape index (κ3) is 3.44. The van der Waals surface area contributed by atoms with Crippen molar-refractivity contribution >= 4 is 50.9 Å². The number of amides is 3. The molecule has 4 rings (SSSR count). The van der Waals surface area contributed by atoms with E-state index in [-0.39, 0.29) is 24.8 Å². The van der Waals surface area contributed by atoms with Gasteiger partial charge in [0.1, 0.15) is 5.41 Å². The van der Waals surface area contributed by atoms with Crippen LogP contribution < -0.4 is 11.1 Å². The SMILES string of the molecule is C=C(CC)C1N(CC(N)=O)C(=O)CC(c2cccc(Cl)c2)C12C(=O)Nc1cc(Br)ccc12. The van der Waals surface area contributed by atoms with Crippen LogP contribution in [0.25, 0.3) is 0 Å². The maximum absolute atomic E-state index is 13.9. The van der Waals surface area contributed by atoms with Gasteiger partial charge in [-0.05, 0) is 41.8 Å². The van der Waals surface area contributed by atoms with Gasteiger partial charge in [0.15, 0.2) is 0 Å². The minimum absolute atomic E-state index is 0.0318. The van der Waals surface area contributed by atoms with Gasteiger partial charge in [-0.1, -0.05) is 64.8 Å². The minimum atomic E-state index is -1.18. The molecule has 8 heteroatoms. The molecule has 0 bridgehead atoms. The number of hydrogen-bond acceptors (Lipinski definition) is 3. The van der Waals surface area contributed by atoms with Crippen molar-refractivity contribution < 1.29 is 14.4 Å². The van der Waals surface area contributed by atoms with Crippen LogP contribution in [0.1, 0.15) is 36.8 Å². The fourth-order valence-corrected chi connectivity index (χ4v) is 5.73. The number of benzene rings is 2. The summed E-state index contributed by atoms with van der Waals surface area (Å²) in [5, 5.41) is 3.53. The maximum Gasteiger partial charge on any atom is 0.238 e. The highest BCUT2D eigenvalue weighted by Crippen LogP contribution is 2.56. The molecule has 2 aliphatic rings. The molecule has 2 aliphatic heterocycles. The van der Waals surface area contributed by atoms with Crippen molar-refractivity contribution in [3.8, 4) is 0 Å². The van der Waals surface area contributed by atoms with Crippen LogP contribution in [-0.2, 0) is 19.8 Å². The molecular formula is C24H23BrClN3O3. The molecule has 0 aliphatic carbocycles. The lowest BCUT2D eigenvalue weighted by molar-refractivity contribution is -0.146. The van der Waals surface area contributed by atoms with Crippen LogP contribution in [0.3, 0.4) is 0 Å². The van der Waals surface area contributed by atoms with Gasteiger partial charge in [0.2, 0.25) is 17.7 Å². The number of anilines is 1. The van der Waals surface area contributed by atoms with Gasteiger partial charge < -0.3 is 16.0 Å². The zero-order chi connectivity index (χ0) is 23.2.